The molecule has 1 amide bonds. The highest BCUT2D eigenvalue weighted by Gasteiger charge is 2.39. The van der Waals surface area contributed by atoms with Crippen molar-refractivity contribution in [3.63, 3.8) is 0 Å². The molecule has 1 aliphatic heterocycles. The Morgan fingerprint density at radius 3 is 2.57 bits per heavy atom. The van der Waals surface area contributed by atoms with Crippen molar-refractivity contribution in [2.24, 2.45) is 0 Å². The zero-order valence-electron chi connectivity index (χ0n) is 11.9. The summed E-state index contributed by atoms with van der Waals surface area (Å²) in [6, 6.07) is 12.8. The number of benzene rings is 2. The fourth-order valence-corrected chi connectivity index (χ4v) is 3.66. The van der Waals surface area contributed by atoms with Crippen LogP contribution in [0.3, 0.4) is 0 Å². The number of furan rings is 1. The van der Waals surface area contributed by atoms with Crippen LogP contribution in [0.5, 0.6) is 0 Å². The van der Waals surface area contributed by atoms with E-state index in [9.17, 15) is 17.1 Å². The number of nitrogens with zero attached hydrogens (tertiary/aromatic N) is 1. The number of amides is 1. The molecule has 4 rings (SSSR count). The maximum atomic E-state index is 13.1. The normalized spacial score (nSPS) is 19.1. The fourth-order valence-electron chi connectivity index (χ4n) is 3.00. The zero-order chi connectivity index (χ0) is 16.2. The van der Waals surface area contributed by atoms with Crippen LogP contribution in [0.15, 0.2) is 46.9 Å². The van der Waals surface area contributed by atoms with Gasteiger partial charge in [-0.25, -0.2) is 0 Å². The highest BCUT2D eigenvalue weighted by Crippen LogP contribution is 2.33. The smallest absolute Gasteiger partial charge is 0.307 e. The summed E-state index contributed by atoms with van der Waals surface area (Å²) < 4.78 is 40.9. The molecule has 1 unspecified atom stereocenters. The first-order valence-electron chi connectivity index (χ1n) is 7.08. The Labute approximate surface area is 131 Å². The van der Waals surface area contributed by atoms with Gasteiger partial charge in [-0.1, -0.05) is 18.2 Å². The predicted octanol–water partition coefficient (Wildman–Crippen LogP) is 2.99. The molecule has 1 atom stereocenters. The number of anilines is 1. The molecule has 0 aliphatic carbocycles. The summed E-state index contributed by atoms with van der Waals surface area (Å²) in [5.74, 6) is -0.410. The van der Waals surface area contributed by atoms with Crippen molar-refractivity contribution in [3.05, 3.63) is 42.5 Å². The van der Waals surface area contributed by atoms with Crippen molar-refractivity contribution in [1.82, 2.24) is 0 Å². The molecular formula is C16H12FNO4S. The van der Waals surface area contributed by atoms with Gasteiger partial charge in [0.15, 0.2) is 0 Å². The van der Waals surface area contributed by atoms with Crippen LogP contribution in [0.25, 0.3) is 21.9 Å². The molecule has 5 nitrogen and oxygen atoms in total. The molecule has 0 saturated carbocycles. The lowest BCUT2D eigenvalue weighted by Gasteiger charge is -2.15. The molecule has 23 heavy (non-hydrogen) atoms. The molecule has 3 aromatic rings. The summed E-state index contributed by atoms with van der Waals surface area (Å²) in [5, 5.41) is 0.568. The van der Waals surface area contributed by atoms with Crippen molar-refractivity contribution < 1.29 is 21.5 Å². The molecule has 1 aliphatic rings. The topological polar surface area (TPSA) is 67.6 Å². The number of fused-ring (bicyclic) bond motifs is 3. The first-order chi connectivity index (χ1) is 10.9. The third-order valence-corrected chi connectivity index (χ3v) is 5.27. The molecule has 1 aromatic heterocycles. The summed E-state index contributed by atoms with van der Waals surface area (Å²) in [5.41, 5.74) is 1.84. The molecule has 0 spiro atoms. The van der Waals surface area contributed by atoms with E-state index in [4.69, 9.17) is 4.42 Å². The molecule has 7 heteroatoms. The number of hydrogen-bond acceptors (Lipinski definition) is 4. The van der Waals surface area contributed by atoms with Crippen LogP contribution < -0.4 is 4.90 Å². The van der Waals surface area contributed by atoms with Crippen LogP contribution in [-0.2, 0) is 15.0 Å². The van der Waals surface area contributed by atoms with Crippen molar-refractivity contribution in [3.8, 4) is 0 Å². The number of halogens is 1. The summed E-state index contributed by atoms with van der Waals surface area (Å²) in [6.45, 7) is -0.177. The van der Waals surface area contributed by atoms with Crippen molar-refractivity contribution in [1.29, 1.82) is 0 Å². The second-order valence-electron chi connectivity index (χ2n) is 5.58. The summed E-state index contributed by atoms with van der Waals surface area (Å²) in [7, 11) is -4.73. The van der Waals surface area contributed by atoms with E-state index >= 15 is 0 Å². The van der Waals surface area contributed by atoms with Gasteiger partial charge >= 0.3 is 10.2 Å². The molecule has 118 valence electrons. The monoisotopic (exact) mass is 333 g/mol. The van der Waals surface area contributed by atoms with E-state index in [1.807, 2.05) is 30.3 Å². The molecule has 0 N–H and O–H groups in total. The number of carbonyl (C=O) groups is 1. The van der Waals surface area contributed by atoms with Crippen molar-refractivity contribution in [2.45, 2.75) is 11.7 Å². The molecule has 2 heterocycles. The van der Waals surface area contributed by atoms with Gasteiger partial charge < -0.3 is 9.32 Å². The van der Waals surface area contributed by atoms with Crippen LogP contribution in [0.4, 0.5) is 9.57 Å². The zero-order valence-corrected chi connectivity index (χ0v) is 12.7. The minimum Gasteiger partial charge on any atom is -0.456 e. The standard InChI is InChI=1S/C16H12FNO4S/c17-23(20,21)11-8-16(19)18(9-11)10-5-6-13-12-3-1-2-4-14(12)22-15(13)7-10/h1-7,11H,8-9H2. The highest BCUT2D eigenvalue weighted by molar-refractivity contribution is 7.87. The largest absolute Gasteiger partial charge is 0.456 e. The minimum atomic E-state index is -4.73. The van der Waals surface area contributed by atoms with Crippen molar-refractivity contribution >= 4 is 43.8 Å². The lowest BCUT2D eigenvalue weighted by molar-refractivity contribution is -0.117. The van der Waals surface area contributed by atoms with E-state index in [1.165, 1.54) is 4.90 Å². The Morgan fingerprint density at radius 1 is 1.09 bits per heavy atom. The Bertz CT molecular complexity index is 1040. The summed E-state index contributed by atoms with van der Waals surface area (Å²) in [6.07, 6.45) is -0.336. The molecule has 0 radical (unpaired) electrons. The SMILES string of the molecule is O=C1CC(S(=O)(=O)F)CN1c1ccc2c(c1)oc1ccccc12. The quantitative estimate of drug-likeness (QED) is 0.676. The molecule has 2 aromatic carbocycles. The van der Waals surface area contributed by atoms with Crippen LogP contribution in [0, 0.1) is 0 Å². The summed E-state index contributed by atoms with van der Waals surface area (Å²) >= 11 is 0. The predicted molar refractivity (Wildman–Crippen MR) is 84.5 cm³/mol. The second kappa shape index (κ2) is 4.79. The maximum Gasteiger partial charge on any atom is 0.307 e. The highest BCUT2D eigenvalue weighted by atomic mass is 32.3. The number of rotatable bonds is 2. The lowest BCUT2D eigenvalue weighted by atomic mass is 10.1. The average molecular weight is 333 g/mol. The number of carbonyl (C=O) groups excluding carboxylic acids is 1. The number of hydrogen-bond donors (Lipinski definition) is 0. The van der Waals surface area contributed by atoms with E-state index in [-0.39, 0.29) is 13.0 Å². The Morgan fingerprint density at radius 2 is 1.83 bits per heavy atom. The van der Waals surface area contributed by atoms with Crippen LogP contribution in [0.2, 0.25) is 0 Å². The molecule has 1 saturated heterocycles. The van der Waals surface area contributed by atoms with Gasteiger partial charge in [-0.3, -0.25) is 4.79 Å². The van der Waals surface area contributed by atoms with Gasteiger partial charge in [0.1, 0.15) is 16.4 Å². The maximum absolute atomic E-state index is 13.1. The Kier molecular flexibility index (Phi) is 2.96. The lowest BCUT2D eigenvalue weighted by Crippen LogP contribution is -2.26. The third-order valence-electron chi connectivity index (χ3n) is 4.16. The second-order valence-corrected chi connectivity index (χ2v) is 7.20. The van der Waals surface area contributed by atoms with Crippen LogP contribution in [0.1, 0.15) is 6.42 Å². The van der Waals surface area contributed by atoms with Gasteiger partial charge in [-0.15, -0.1) is 3.89 Å². The summed E-state index contributed by atoms with van der Waals surface area (Å²) in [4.78, 5) is 13.3. The van der Waals surface area contributed by atoms with Crippen LogP contribution >= 0.6 is 0 Å². The van der Waals surface area contributed by atoms with E-state index in [0.29, 0.717) is 11.3 Å². The Hall–Kier alpha value is -2.41. The van der Waals surface area contributed by atoms with Gasteiger partial charge in [-0.2, -0.15) is 8.42 Å². The molecule has 0 bridgehead atoms. The van der Waals surface area contributed by atoms with Gasteiger partial charge in [0.25, 0.3) is 0 Å². The third kappa shape index (κ3) is 2.28. The molecule has 1 fully saturated rings. The van der Waals surface area contributed by atoms with E-state index in [0.717, 1.165) is 16.4 Å². The molecular weight excluding hydrogens is 321 g/mol. The first kappa shape index (κ1) is 14.2. The van der Waals surface area contributed by atoms with Gasteiger partial charge in [0.2, 0.25) is 5.91 Å². The van der Waals surface area contributed by atoms with Crippen LogP contribution in [-0.4, -0.2) is 26.1 Å². The fraction of sp³-hybridized carbons (Fsp3) is 0.188. The van der Waals surface area contributed by atoms with E-state index in [2.05, 4.69) is 0 Å². The van der Waals surface area contributed by atoms with E-state index < -0.39 is 21.4 Å². The van der Waals surface area contributed by atoms with Gasteiger partial charge in [-0.05, 0) is 18.2 Å². The van der Waals surface area contributed by atoms with Crippen molar-refractivity contribution in [2.75, 3.05) is 11.4 Å². The average Bonchev–Trinajstić information content (AvgIpc) is 3.06. The van der Waals surface area contributed by atoms with Gasteiger partial charge in [0.05, 0.1) is 0 Å². The minimum absolute atomic E-state index is 0.177. The first-order valence-corrected chi connectivity index (χ1v) is 8.53. The van der Waals surface area contributed by atoms with Gasteiger partial charge in [0, 0.05) is 35.5 Å². The van der Waals surface area contributed by atoms with E-state index in [1.54, 1.807) is 12.1 Å². The Balaban J connectivity index is 1.78. The number of para-hydroxylation sites is 1.